The van der Waals surface area contributed by atoms with E-state index in [2.05, 4.69) is 37.6 Å². The van der Waals surface area contributed by atoms with Crippen molar-refractivity contribution < 1.29 is 0 Å². The maximum absolute atomic E-state index is 4.63. The van der Waals surface area contributed by atoms with Gasteiger partial charge in [0, 0.05) is 12.7 Å². The molecule has 78 valence electrons. The molecule has 1 aromatic heterocycles. The lowest BCUT2D eigenvalue weighted by atomic mass is 9.76. The van der Waals surface area contributed by atoms with Gasteiger partial charge in [-0.3, -0.25) is 4.68 Å². The van der Waals surface area contributed by atoms with Gasteiger partial charge in [0.15, 0.2) is 0 Å². The molecule has 0 radical (unpaired) electrons. The van der Waals surface area contributed by atoms with E-state index in [1.807, 2.05) is 0 Å². The molecule has 1 heterocycles. The van der Waals surface area contributed by atoms with E-state index in [9.17, 15) is 0 Å². The van der Waals surface area contributed by atoms with Crippen LogP contribution in [0.15, 0.2) is 0 Å². The Hall–Kier alpha value is -0.790. The zero-order valence-electron chi connectivity index (χ0n) is 9.72. The van der Waals surface area contributed by atoms with Crippen molar-refractivity contribution in [2.24, 2.45) is 12.5 Å². The second-order valence-corrected chi connectivity index (χ2v) is 5.19. The third-order valence-corrected chi connectivity index (χ3v) is 3.39. The lowest BCUT2D eigenvalue weighted by molar-refractivity contribution is 0.311. The van der Waals surface area contributed by atoms with Crippen LogP contribution in [-0.2, 0) is 26.3 Å². The Morgan fingerprint density at radius 3 is 2.79 bits per heavy atom. The van der Waals surface area contributed by atoms with Gasteiger partial charge < -0.3 is 0 Å². The summed E-state index contributed by atoms with van der Waals surface area (Å²) >= 11 is 0. The van der Waals surface area contributed by atoms with Crippen LogP contribution in [0.2, 0.25) is 0 Å². The van der Waals surface area contributed by atoms with Crippen molar-refractivity contribution in [3.63, 3.8) is 0 Å². The summed E-state index contributed by atoms with van der Waals surface area (Å²) in [7, 11) is 2.07. The highest BCUT2D eigenvalue weighted by atomic mass is 15.3. The molecule has 0 atom stereocenters. The first-order valence-corrected chi connectivity index (χ1v) is 5.57. The monoisotopic (exact) mass is 192 g/mol. The highest BCUT2D eigenvalue weighted by Crippen LogP contribution is 2.35. The fourth-order valence-corrected chi connectivity index (χ4v) is 2.54. The highest BCUT2D eigenvalue weighted by molar-refractivity contribution is 5.30. The number of aromatic nitrogens is 2. The van der Waals surface area contributed by atoms with E-state index < -0.39 is 0 Å². The summed E-state index contributed by atoms with van der Waals surface area (Å²) in [6.45, 7) is 6.91. The van der Waals surface area contributed by atoms with Crippen LogP contribution in [0.5, 0.6) is 0 Å². The topological polar surface area (TPSA) is 17.8 Å². The van der Waals surface area contributed by atoms with Gasteiger partial charge in [-0.1, -0.05) is 20.8 Å². The molecule has 0 saturated carbocycles. The third-order valence-electron chi connectivity index (χ3n) is 3.39. The van der Waals surface area contributed by atoms with Crippen molar-refractivity contribution >= 4 is 0 Å². The van der Waals surface area contributed by atoms with Crippen molar-refractivity contribution in [2.45, 2.75) is 46.5 Å². The maximum Gasteiger partial charge on any atom is 0.0664 e. The van der Waals surface area contributed by atoms with Crippen molar-refractivity contribution in [3.05, 3.63) is 17.0 Å². The van der Waals surface area contributed by atoms with Crippen LogP contribution >= 0.6 is 0 Å². The average molecular weight is 192 g/mol. The van der Waals surface area contributed by atoms with Crippen LogP contribution < -0.4 is 0 Å². The van der Waals surface area contributed by atoms with Crippen LogP contribution in [0, 0.1) is 5.41 Å². The predicted molar refractivity (Wildman–Crippen MR) is 58.4 cm³/mol. The van der Waals surface area contributed by atoms with Crippen LogP contribution in [-0.4, -0.2) is 9.78 Å². The molecule has 0 bridgehead atoms. The summed E-state index contributed by atoms with van der Waals surface area (Å²) in [5, 5.41) is 4.63. The molecule has 2 nitrogen and oxygen atoms in total. The van der Waals surface area contributed by atoms with E-state index >= 15 is 0 Å². The third kappa shape index (κ3) is 1.47. The number of hydrogen-bond acceptors (Lipinski definition) is 1. The first-order valence-electron chi connectivity index (χ1n) is 5.57. The molecule has 0 N–H and O–H groups in total. The normalized spacial score (nSPS) is 19.4. The minimum atomic E-state index is 0.451. The van der Waals surface area contributed by atoms with Gasteiger partial charge in [0.2, 0.25) is 0 Å². The molecule has 1 aromatic rings. The van der Waals surface area contributed by atoms with Crippen LogP contribution in [0.25, 0.3) is 0 Å². The largest absolute Gasteiger partial charge is 0.272 e. The summed E-state index contributed by atoms with van der Waals surface area (Å²) < 4.78 is 2.08. The first-order chi connectivity index (χ1) is 6.53. The summed E-state index contributed by atoms with van der Waals surface area (Å²) in [5.74, 6) is 0. The van der Waals surface area contributed by atoms with Crippen molar-refractivity contribution in [1.82, 2.24) is 9.78 Å². The molecular formula is C12H20N2. The molecular weight excluding hydrogens is 172 g/mol. The number of aryl methyl sites for hydroxylation is 1. The van der Waals surface area contributed by atoms with Gasteiger partial charge in [-0.25, -0.2) is 0 Å². The molecule has 0 saturated heterocycles. The summed E-state index contributed by atoms with van der Waals surface area (Å²) in [6, 6.07) is 0. The average Bonchev–Trinajstić information content (AvgIpc) is 2.37. The molecule has 0 spiro atoms. The molecule has 14 heavy (non-hydrogen) atoms. The van der Waals surface area contributed by atoms with Crippen LogP contribution in [0.4, 0.5) is 0 Å². The lowest BCUT2D eigenvalue weighted by Crippen LogP contribution is -2.22. The Labute approximate surface area is 86.3 Å². The summed E-state index contributed by atoms with van der Waals surface area (Å²) in [6.07, 6.45) is 4.79. The van der Waals surface area contributed by atoms with E-state index in [1.54, 1.807) is 0 Å². The van der Waals surface area contributed by atoms with E-state index in [0.717, 1.165) is 12.8 Å². The lowest BCUT2D eigenvalue weighted by Gasteiger charge is -2.28. The zero-order valence-corrected chi connectivity index (χ0v) is 9.72. The Morgan fingerprint density at radius 1 is 1.43 bits per heavy atom. The van der Waals surface area contributed by atoms with Crippen molar-refractivity contribution in [1.29, 1.82) is 0 Å². The molecule has 1 aliphatic carbocycles. The summed E-state index contributed by atoms with van der Waals surface area (Å²) in [4.78, 5) is 0. The molecule has 0 fully saturated rings. The molecule has 0 amide bonds. The Bertz CT molecular complexity index is 347. The zero-order chi connectivity index (χ0) is 10.3. The van der Waals surface area contributed by atoms with Gasteiger partial charge in [0.25, 0.3) is 0 Å². The van der Waals surface area contributed by atoms with E-state index in [1.165, 1.54) is 29.8 Å². The second kappa shape index (κ2) is 3.11. The quantitative estimate of drug-likeness (QED) is 0.668. The van der Waals surface area contributed by atoms with Crippen molar-refractivity contribution in [3.8, 4) is 0 Å². The van der Waals surface area contributed by atoms with E-state index in [-0.39, 0.29) is 0 Å². The predicted octanol–water partition coefficient (Wildman–Crippen LogP) is 2.50. The fourth-order valence-electron chi connectivity index (χ4n) is 2.54. The number of hydrogen-bond donors (Lipinski definition) is 0. The Kier molecular flexibility index (Phi) is 2.17. The van der Waals surface area contributed by atoms with Gasteiger partial charge >= 0.3 is 0 Å². The van der Waals surface area contributed by atoms with Crippen LogP contribution in [0.1, 0.15) is 44.1 Å². The molecule has 2 heteroatoms. The van der Waals surface area contributed by atoms with Crippen molar-refractivity contribution in [2.75, 3.05) is 0 Å². The Morgan fingerprint density at radius 2 is 2.14 bits per heavy atom. The van der Waals surface area contributed by atoms with Crippen LogP contribution in [0.3, 0.4) is 0 Å². The fraction of sp³-hybridized carbons (Fsp3) is 0.750. The maximum atomic E-state index is 4.63. The minimum absolute atomic E-state index is 0.451. The van der Waals surface area contributed by atoms with E-state index in [4.69, 9.17) is 0 Å². The van der Waals surface area contributed by atoms with Gasteiger partial charge in [0.1, 0.15) is 0 Å². The number of nitrogens with zero attached hydrogens (tertiary/aromatic N) is 2. The smallest absolute Gasteiger partial charge is 0.0664 e. The standard InChI is InChI=1S/C12H20N2/c1-5-11-9-6-7-12(2,3)8-10(9)13-14(11)4/h5-8H2,1-4H3. The SMILES string of the molecule is CCc1c2c(nn1C)CC(C)(C)CC2. The second-order valence-electron chi connectivity index (χ2n) is 5.19. The highest BCUT2D eigenvalue weighted by Gasteiger charge is 2.29. The molecule has 0 aliphatic heterocycles. The van der Waals surface area contributed by atoms with Gasteiger partial charge in [-0.2, -0.15) is 5.10 Å². The molecule has 1 aliphatic rings. The molecule has 0 unspecified atom stereocenters. The number of fused-ring (bicyclic) bond motifs is 1. The Balaban J connectivity index is 2.41. The first kappa shape index (κ1) is 9.75. The molecule has 2 rings (SSSR count). The van der Waals surface area contributed by atoms with E-state index in [0.29, 0.717) is 5.41 Å². The van der Waals surface area contributed by atoms with Gasteiger partial charge in [-0.05, 0) is 36.7 Å². The number of rotatable bonds is 1. The van der Waals surface area contributed by atoms with Gasteiger partial charge in [-0.15, -0.1) is 0 Å². The minimum Gasteiger partial charge on any atom is -0.272 e. The molecule has 0 aromatic carbocycles. The van der Waals surface area contributed by atoms with Gasteiger partial charge in [0.05, 0.1) is 5.69 Å². The summed E-state index contributed by atoms with van der Waals surface area (Å²) in [5.41, 5.74) is 4.78.